The summed E-state index contributed by atoms with van der Waals surface area (Å²) < 4.78 is 0. The maximum Gasteiger partial charge on any atom is 0.246 e. The van der Waals surface area contributed by atoms with Crippen LogP contribution in [0.2, 0.25) is 0 Å². The second-order valence-electron chi connectivity index (χ2n) is 3.76. The largest absolute Gasteiger partial charge is 0.314 e. The first-order valence-electron chi connectivity index (χ1n) is 4.72. The molecule has 1 unspecified atom stereocenters. The van der Waals surface area contributed by atoms with E-state index in [1.807, 2.05) is 24.3 Å². The molecule has 2 rings (SSSR count). The van der Waals surface area contributed by atoms with E-state index in [0.29, 0.717) is 6.42 Å². The van der Waals surface area contributed by atoms with Gasteiger partial charge in [-0.3, -0.25) is 4.79 Å². The van der Waals surface area contributed by atoms with Crippen molar-refractivity contribution in [2.24, 2.45) is 5.73 Å². The molecule has 0 spiro atoms. The molecule has 3 heteroatoms. The molecule has 1 aliphatic carbocycles. The van der Waals surface area contributed by atoms with Gasteiger partial charge in [-0.2, -0.15) is 0 Å². The molecular formula is C11H12ClNO. The number of hydrogen-bond donors (Lipinski definition) is 1. The van der Waals surface area contributed by atoms with Crippen LogP contribution in [0.1, 0.15) is 24.0 Å². The number of carbonyl (C=O) groups is 1. The molecular weight excluding hydrogens is 198 g/mol. The summed E-state index contributed by atoms with van der Waals surface area (Å²) >= 11 is 5.56. The number of hydrogen-bond acceptors (Lipinski definition) is 2. The maximum absolute atomic E-state index is 11.3. The van der Waals surface area contributed by atoms with Crippen molar-refractivity contribution in [3.8, 4) is 0 Å². The van der Waals surface area contributed by atoms with Crippen molar-refractivity contribution in [1.29, 1.82) is 0 Å². The molecule has 74 valence electrons. The Morgan fingerprint density at radius 2 is 2.14 bits per heavy atom. The van der Waals surface area contributed by atoms with Crippen LogP contribution in [0.5, 0.6) is 0 Å². The number of benzene rings is 1. The van der Waals surface area contributed by atoms with Crippen molar-refractivity contribution in [3.63, 3.8) is 0 Å². The predicted molar refractivity (Wildman–Crippen MR) is 56.1 cm³/mol. The Bertz CT molecular complexity index is 377. The summed E-state index contributed by atoms with van der Waals surface area (Å²) in [6.07, 6.45) is 2.55. The monoisotopic (exact) mass is 209 g/mol. The molecule has 0 heterocycles. The lowest BCUT2D eigenvalue weighted by Gasteiger charge is -2.32. The number of aryl methyl sites for hydroxylation is 1. The summed E-state index contributed by atoms with van der Waals surface area (Å²) in [4.78, 5) is 11.3. The lowest BCUT2D eigenvalue weighted by molar-refractivity contribution is -0.117. The first-order chi connectivity index (χ1) is 6.64. The highest BCUT2D eigenvalue weighted by molar-refractivity contribution is 6.65. The van der Waals surface area contributed by atoms with Gasteiger partial charge in [0, 0.05) is 0 Å². The third kappa shape index (κ3) is 1.35. The third-order valence-electron chi connectivity index (χ3n) is 2.87. The summed E-state index contributed by atoms with van der Waals surface area (Å²) in [7, 11) is 0. The fourth-order valence-corrected chi connectivity index (χ4v) is 2.27. The summed E-state index contributed by atoms with van der Waals surface area (Å²) in [5.41, 5.74) is 7.11. The van der Waals surface area contributed by atoms with E-state index >= 15 is 0 Å². The van der Waals surface area contributed by atoms with Crippen LogP contribution in [-0.2, 0) is 16.8 Å². The highest BCUT2D eigenvalue weighted by Gasteiger charge is 2.38. The Balaban J connectivity index is 2.55. The van der Waals surface area contributed by atoms with Crippen molar-refractivity contribution in [3.05, 3.63) is 35.4 Å². The van der Waals surface area contributed by atoms with E-state index in [1.165, 1.54) is 0 Å². The lowest BCUT2D eigenvalue weighted by atomic mass is 9.78. The minimum absolute atomic E-state index is 0.454. The van der Waals surface area contributed by atoms with E-state index in [2.05, 4.69) is 0 Å². The topological polar surface area (TPSA) is 43.1 Å². The normalized spacial score (nSPS) is 25.6. The first kappa shape index (κ1) is 9.69. The Morgan fingerprint density at radius 3 is 2.86 bits per heavy atom. The standard InChI is InChI=1S/C11H12ClNO/c12-10(14)11(13)7-3-5-8-4-1-2-6-9(8)11/h1-2,4,6H,3,5,7,13H2. The van der Waals surface area contributed by atoms with Gasteiger partial charge in [0.2, 0.25) is 5.24 Å². The maximum atomic E-state index is 11.3. The average Bonchev–Trinajstić information content (AvgIpc) is 2.18. The van der Waals surface area contributed by atoms with Crippen LogP contribution in [0.15, 0.2) is 24.3 Å². The van der Waals surface area contributed by atoms with E-state index in [0.717, 1.165) is 24.0 Å². The Morgan fingerprint density at radius 1 is 1.43 bits per heavy atom. The van der Waals surface area contributed by atoms with E-state index in [9.17, 15) is 4.79 Å². The molecule has 2 nitrogen and oxygen atoms in total. The van der Waals surface area contributed by atoms with Crippen LogP contribution in [0.25, 0.3) is 0 Å². The zero-order valence-corrected chi connectivity index (χ0v) is 8.55. The highest BCUT2D eigenvalue weighted by atomic mass is 35.5. The molecule has 0 aromatic heterocycles. The zero-order valence-electron chi connectivity index (χ0n) is 7.79. The molecule has 1 atom stereocenters. The van der Waals surface area contributed by atoms with Crippen molar-refractivity contribution in [1.82, 2.24) is 0 Å². The highest BCUT2D eigenvalue weighted by Crippen LogP contribution is 2.34. The van der Waals surface area contributed by atoms with Crippen molar-refractivity contribution < 1.29 is 4.79 Å². The van der Waals surface area contributed by atoms with Gasteiger partial charge < -0.3 is 5.73 Å². The van der Waals surface area contributed by atoms with E-state index < -0.39 is 10.8 Å². The van der Waals surface area contributed by atoms with E-state index in [4.69, 9.17) is 17.3 Å². The van der Waals surface area contributed by atoms with Crippen molar-refractivity contribution in [2.75, 3.05) is 0 Å². The zero-order chi connectivity index (χ0) is 10.2. The Kier molecular flexibility index (Phi) is 2.33. The second-order valence-corrected chi connectivity index (χ2v) is 4.10. The van der Waals surface area contributed by atoms with Gasteiger partial charge in [0.05, 0.1) is 0 Å². The van der Waals surface area contributed by atoms with Crippen LogP contribution in [0.3, 0.4) is 0 Å². The molecule has 2 N–H and O–H groups in total. The first-order valence-corrected chi connectivity index (χ1v) is 5.09. The second kappa shape index (κ2) is 3.37. The number of rotatable bonds is 1. The van der Waals surface area contributed by atoms with Gasteiger partial charge in [0.1, 0.15) is 5.54 Å². The molecule has 14 heavy (non-hydrogen) atoms. The molecule has 1 aromatic rings. The summed E-state index contributed by atoms with van der Waals surface area (Å²) in [5, 5.41) is -0.454. The number of carbonyl (C=O) groups excluding carboxylic acids is 1. The number of halogens is 1. The number of nitrogens with two attached hydrogens (primary N) is 1. The Hall–Kier alpha value is -0.860. The van der Waals surface area contributed by atoms with Crippen LogP contribution >= 0.6 is 11.6 Å². The third-order valence-corrected chi connectivity index (χ3v) is 3.20. The smallest absolute Gasteiger partial charge is 0.246 e. The van der Waals surface area contributed by atoms with Gasteiger partial charge in [-0.1, -0.05) is 24.3 Å². The summed E-state index contributed by atoms with van der Waals surface area (Å²) in [6.45, 7) is 0. The number of fused-ring (bicyclic) bond motifs is 1. The predicted octanol–water partition coefficient (Wildman–Crippen LogP) is 1.94. The summed E-state index contributed by atoms with van der Waals surface area (Å²) in [5.74, 6) is 0. The average molecular weight is 210 g/mol. The van der Waals surface area contributed by atoms with Gasteiger partial charge in [-0.25, -0.2) is 0 Å². The minimum Gasteiger partial charge on any atom is -0.314 e. The van der Waals surface area contributed by atoms with Gasteiger partial charge in [0.25, 0.3) is 0 Å². The Labute approximate surface area is 88.1 Å². The van der Waals surface area contributed by atoms with Crippen LogP contribution in [0.4, 0.5) is 0 Å². The van der Waals surface area contributed by atoms with Gasteiger partial charge in [-0.05, 0) is 42.0 Å². The molecule has 1 aliphatic rings. The molecule has 0 aliphatic heterocycles. The summed E-state index contributed by atoms with van der Waals surface area (Å²) in [6, 6.07) is 7.76. The van der Waals surface area contributed by atoms with E-state index in [-0.39, 0.29) is 0 Å². The molecule has 0 radical (unpaired) electrons. The van der Waals surface area contributed by atoms with Crippen LogP contribution < -0.4 is 5.73 Å². The molecule has 0 saturated carbocycles. The molecule has 1 aromatic carbocycles. The van der Waals surface area contributed by atoms with Crippen LogP contribution in [0, 0.1) is 0 Å². The van der Waals surface area contributed by atoms with E-state index in [1.54, 1.807) is 0 Å². The lowest BCUT2D eigenvalue weighted by Crippen LogP contribution is -2.45. The van der Waals surface area contributed by atoms with Gasteiger partial charge in [-0.15, -0.1) is 0 Å². The van der Waals surface area contributed by atoms with Crippen molar-refractivity contribution in [2.45, 2.75) is 24.8 Å². The SMILES string of the molecule is NC1(C(=O)Cl)CCCc2ccccc21. The van der Waals surface area contributed by atoms with Gasteiger partial charge in [0.15, 0.2) is 0 Å². The fourth-order valence-electron chi connectivity index (χ4n) is 2.07. The molecule has 0 bridgehead atoms. The molecule has 0 amide bonds. The fraction of sp³-hybridized carbons (Fsp3) is 0.364. The van der Waals surface area contributed by atoms with Crippen molar-refractivity contribution >= 4 is 16.8 Å². The minimum atomic E-state index is -0.962. The molecule has 0 saturated heterocycles. The van der Waals surface area contributed by atoms with Crippen LogP contribution in [-0.4, -0.2) is 5.24 Å². The molecule has 0 fully saturated rings. The van der Waals surface area contributed by atoms with Gasteiger partial charge >= 0.3 is 0 Å². The quantitative estimate of drug-likeness (QED) is 0.719.